The van der Waals surface area contributed by atoms with Gasteiger partial charge >= 0.3 is 5.63 Å². The van der Waals surface area contributed by atoms with E-state index in [1.165, 1.54) is 0 Å². The monoisotopic (exact) mass is 336 g/mol. The zero-order chi connectivity index (χ0) is 15.7. The zero-order valence-corrected chi connectivity index (χ0v) is 14.1. The molecule has 2 heterocycles. The SMILES string of the molecule is CNCC1CCN(C(=O)c2c(C)c3ccccc3oc2=O)C1.Cl. The summed E-state index contributed by atoms with van der Waals surface area (Å²) in [5, 5.41) is 3.95. The lowest BCUT2D eigenvalue weighted by atomic mass is 10.1. The summed E-state index contributed by atoms with van der Waals surface area (Å²) in [4.78, 5) is 26.7. The van der Waals surface area contributed by atoms with E-state index in [-0.39, 0.29) is 23.9 Å². The number of para-hydroxylation sites is 1. The molecule has 6 heteroatoms. The molecule has 5 nitrogen and oxygen atoms in total. The first-order chi connectivity index (χ1) is 10.6. The summed E-state index contributed by atoms with van der Waals surface area (Å²) in [5.74, 6) is 0.234. The lowest BCUT2D eigenvalue weighted by Gasteiger charge is -2.17. The first-order valence-electron chi connectivity index (χ1n) is 7.58. The van der Waals surface area contributed by atoms with Gasteiger partial charge in [-0.2, -0.15) is 0 Å². The number of carbonyl (C=O) groups is 1. The van der Waals surface area contributed by atoms with Crippen LogP contribution in [0.25, 0.3) is 11.0 Å². The molecule has 0 saturated carbocycles. The second-order valence-corrected chi connectivity index (χ2v) is 5.85. The summed E-state index contributed by atoms with van der Waals surface area (Å²) < 4.78 is 5.31. The number of hydrogen-bond acceptors (Lipinski definition) is 4. The Morgan fingerprint density at radius 1 is 1.39 bits per heavy atom. The summed E-state index contributed by atoms with van der Waals surface area (Å²) in [6.07, 6.45) is 0.963. The Morgan fingerprint density at radius 3 is 2.87 bits per heavy atom. The smallest absolute Gasteiger partial charge is 0.349 e. The molecule has 1 aliphatic heterocycles. The second-order valence-electron chi connectivity index (χ2n) is 5.85. The number of halogens is 1. The number of nitrogens with one attached hydrogen (secondary N) is 1. The van der Waals surface area contributed by atoms with E-state index in [1.807, 2.05) is 32.2 Å². The summed E-state index contributed by atoms with van der Waals surface area (Å²) in [6.45, 7) is 4.07. The predicted molar refractivity (Wildman–Crippen MR) is 92.4 cm³/mol. The highest BCUT2D eigenvalue weighted by Crippen LogP contribution is 2.22. The van der Waals surface area contributed by atoms with Gasteiger partial charge in [-0.25, -0.2) is 4.79 Å². The summed E-state index contributed by atoms with van der Waals surface area (Å²) >= 11 is 0. The van der Waals surface area contributed by atoms with Crippen molar-refractivity contribution in [1.82, 2.24) is 10.2 Å². The maximum atomic E-state index is 12.7. The van der Waals surface area contributed by atoms with Gasteiger partial charge in [0.2, 0.25) is 0 Å². The van der Waals surface area contributed by atoms with Crippen molar-refractivity contribution < 1.29 is 9.21 Å². The van der Waals surface area contributed by atoms with Gasteiger partial charge in [0.1, 0.15) is 11.1 Å². The van der Waals surface area contributed by atoms with Crippen LogP contribution in [0.4, 0.5) is 0 Å². The number of rotatable bonds is 3. The molecule has 23 heavy (non-hydrogen) atoms. The molecular weight excluding hydrogens is 316 g/mol. The van der Waals surface area contributed by atoms with Crippen LogP contribution in [-0.4, -0.2) is 37.5 Å². The second kappa shape index (κ2) is 7.15. The van der Waals surface area contributed by atoms with Gasteiger partial charge in [-0.1, -0.05) is 18.2 Å². The fourth-order valence-electron chi connectivity index (χ4n) is 3.18. The highest BCUT2D eigenvalue weighted by atomic mass is 35.5. The molecule has 0 bridgehead atoms. The Morgan fingerprint density at radius 2 is 2.13 bits per heavy atom. The highest BCUT2D eigenvalue weighted by molar-refractivity contribution is 5.99. The number of carbonyl (C=O) groups excluding carboxylic acids is 1. The van der Waals surface area contributed by atoms with Crippen molar-refractivity contribution in [2.75, 3.05) is 26.7 Å². The Balaban J connectivity index is 0.00000192. The van der Waals surface area contributed by atoms with Crippen molar-refractivity contribution in [2.45, 2.75) is 13.3 Å². The van der Waals surface area contributed by atoms with E-state index < -0.39 is 5.63 Å². The lowest BCUT2D eigenvalue weighted by Crippen LogP contribution is -2.34. The number of benzene rings is 1. The molecule has 0 aliphatic carbocycles. The van der Waals surface area contributed by atoms with Crippen LogP contribution in [0.2, 0.25) is 0 Å². The van der Waals surface area contributed by atoms with Crippen molar-refractivity contribution in [3.05, 3.63) is 45.8 Å². The van der Waals surface area contributed by atoms with Crippen LogP contribution >= 0.6 is 12.4 Å². The molecule has 0 spiro atoms. The average Bonchev–Trinajstić information content (AvgIpc) is 2.96. The van der Waals surface area contributed by atoms with Gasteiger partial charge < -0.3 is 14.6 Å². The fourth-order valence-corrected chi connectivity index (χ4v) is 3.18. The molecule has 1 amide bonds. The van der Waals surface area contributed by atoms with E-state index in [0.29, 0.717) is 30.2 Å². The molecule has 1 aliphatic rings. The van der Waals surface area contributed by atoms with E-state index in [0.717, 1.165) is 18.4 Å². The topological polar surface area (TPSA) is 62.6 Å². The minimum absolute atomic E-state index is 0. The van der Waals surface area contributed by atoms with Gasteiger partial charge in [-0.15, -0.1) is 12.4 Å². The number of amides is 1. The third-order valence-corrected chi connectivity index (χ3v) is 4.35. The number of nitrogens with zero attached hydrogens (tertiary/aromatic N) is 1. The summed E-state index contributed by atoms with van der Waals surface area (Å²) in [6, 6.07) is 7.31. The first kappa shape index (κ1) is 17.5. The van der Waals surface area contributed by atoms with Crippen LogP contribution in [0.5, 0.6) is 0 Å². The van der Waals surface area contributed by atoms with Crippen LogP contribution in [-0.2, 0) is 0 Å². The van der Waals surface area contributed by atoms with Crippen LogP contribution in [0.1, 0.15) is 22.3 Å². The summed E-state index contributed by atoms with van der Waals surface area (Å²) in [5.41, 5.74) is 0.854. The average molecular weight is 337 g/mol. The number of aryl methyl sites for hydroxylation is 1. The van der Waals surface area contributed by atoms with Crippen LogP contribution in [0.15, 0.2) is 33.5 Å². The molecule has 1 aromatic carbocycles. The summed E-state index contributed by atoms with van der Waals surface area (Å²) in [7, 11) is 1.91. The Labute approximate surface area is 141 Å². The number of hydrogen-bond donors (Lipinski definition) is 1. The quantitative estimate of drug-likeness (QED) is 0.873. The van der Waals surface area contributed by atoms with Gasteiger partial charge in [0.15, 0.2) is 0 Å². The Hall–Kier alpha value is -1.85. The van der Waals surface area contributed by atoms with E-state index in [9.17, 15) is 9.59 Å². The van der Waals surface area contributed by atoms with Crippen molar-refractivity contribution in [2.24, 2.45) is 5.92 Å². The number of likely N-dealkylation sites (tertiary alicyclic amines) is 1. The van der Waals surface area contributed by atoms with Crippen molar-refractivity contribution in [3.63, 3.8) is 0 Å². The molecule has 1 aromatic heterocycles. The highest BCUT2D eigenvalue weighted by Gasteiger charge is 2.29. The zero-order valence-electron chi connectivity index (χ0n) is 13.3. The molecule has 1 unspecified atom stereocenters. The molecule has 1 atom stereocenters. The largest absolute Gasteiger partial charge is 0.422 e. The maximum absolute atomic E-state index is 12.7. The van der Waals surface area contributed by atoms with Crippen LogP contribution in [0.3, 0.4) is 0 Å². The molecule has 3 rings (SSSR count). The van der Waals surface area contributed by atoms with E-state index in [2.05, 4.69) is 5.32 Å². The predicted octanol–water partition coefficient (Wildman–Crippen LogP) is 2.20. The van der Waals surface area contributed by atoms with Gasteiger partial charge in [-0.05, 0) is 44.5 Å². The lowest BCUT2D eigenvalue weighted by molar-refractivity contribution is 0.0782. The Kier molecular flexibility index (Phi) is 5.44. The normalized spacial score (nSPS) is 17.3. The third-order valence-electron chi connectivity index (χ3n) is 4.35. The first-order valence-corrected chi connectivity index (χ1v) is 7.58. The van der Waals surface area contributed by atoms with Gasteiger partial charge in [-0.3, -0.25) is 4.79 Å². The van der Waals surface area contributed by atoms with Crippen molar-refractivity contribution >= 4 is 29.3 Å². The minimum atomic E-state index is -0.543. The van der Waals surface area contributed by atoms with Crippen molar-refractivity contribution in [3.8, 4) is 0 Å². The van der Waals surface area contributed by atoms with Crippen molar-refractivity contribution in [1.29, 1.82) is 0 Å². The number of fused-ring (bicyclic) bond motifs is 1. The van der Waals surface area contributed by atoms with Gasteiger partial charge in [0.25, 0.3) is 5.91 Å². The van der Waals surface area contributed by atoms with Crippen LogP contribution < -0.4 is 10.9 Å². The Bertz CT molecular complexity index is 772. The van der Waals surface area contributed by atoms with Crippen LogP contribution in [0, 0.1) is 12.8 Å². The molecule has 0 radical (unpaired) electrons. The fraction of sp³-hybridized carbons (Fsp3) is 0.412. The van der Waals surface area contributed by atoms with Gasteiger partial charge in [0, 0.05) is 18.5 Å². The maximum Gasteiger partial charge on any atom is 0.349 e. The standard InChI is InChI=1S/C17H20N2O3.ClH/c1-11-13-5-3-4-6-14(13)22-17(21)15(11)16(20)19-8-7-12(10-19)9-18-2;/h3-6,12,18H,7-10H2,1-2H3;1H. The van der Waals surface area contributed by atoms with E-state index in [1.54, 1.807) is 11.0 Å². The molecule has 2 aromatic rings. The molecular formula is C17H21ClN2O3. The minimum Gasteiger partial charge on any atom is -0.422 e. The third kappa shape index (κ3) is 3.26. The molecule has 1 N–H and O–H groups in total. The van der Waals surface area contributed by atoms with Gasteiger partial charge in [0.05, 0.1) is 0 Å². The molecule has 1 saturated heterocycles. The van der Waals surface area contributed by atoms with E-state index in [4.69, 9.17) is 4.42 Å². The molecule has 124 valence electrons. The van der Waals surface area contributed by atoms with E-state index >= 15 is 0 Å². The molecule has 1 fully saturated rings.